The minimum atomic E-state index is -0.867. The smallest absolute Gasteiger partial charge is 0.406 e. The molecule has 0 heterocycles. The lowest BCUT2D eigenvalue weighted by Crippen LogP contribution is -2.17. The molecule has 0 spiro atoms. The van der Waals surface area contributed by atoms with Gasteiger partial charge in [-0.05, 0) is 13.0 Å². The zero-order chi connectivity index (χ0) is 7.28. The molecule has 1 amide bonds. The largest absolute Gasteiger partial charge is 0.426 e. The van der Waals surface area contributed by atoms with Crippen LogP contribution in [0, 0.1) is 0 Å². The summed E-state index contributed by atoms with van der Waals surface area (Å²) in [7, 11) is 0. The highest BCUT2D eigenvalue weighted by molar-refractivity contribution is 6.21. The Kier molecular flexibility index (Phi) is 3.88. The van der Waals surface area contributed by atoms with E-state index in [1.807, 2.05) is 0 Å². The maximum atomic E-state index is 9.97. The van der Waals surface area contributed by atoms with Crippen LogP contribution in [0.3, 0.4) is 0 Å². The van der Waals surface area contributed by atoms with Gasteiger partial charge in [-0.3, -0.25) is 0 Å². The van der Waals surface area contributed by atoms with Crippen LogP contribution in [0.25, 0.3) is 0 Å². The van der Waals surface area contributed by atoms with E-state index in [9.17, 15) is 4.79 Å². The van der Waals surface area contributed by atoms with Crippen molar-refractivity contribution in [3.63, 3.8) is 0 Å². The summed E-state index contributed by atoms with van der Waals surface area (Å²) in [6, 6.07) is 0. The zero-order valence-corrected chi connectivity index (χ0v) is 5.76. The van der Waals surface area contributed by atoms with Gasteiger partial charge in [-0.15, -0.1) is 0 Å². The van der Waals surface area contributed by atoms with Crippen molar-refractivity contribution < 1.29 is 9.53 Å². The highest BCUT2D eigenvalue weighted by atomic mass is 35.5. The lowest BCUT2D eigenvalue weighted by molar-refractivity contribution is 0.157. The van der Waals surface area contributed by atoms with Gasteiger partial charge in [0, 0.05) is 0 Å². The third-order valence-electron chi connectivity index (χ3n) is 0.572. The minimum Gasteiger partial charge on any atom is -0.426 e. The maximum Gasteiger partial charge on any atom is 0.406 e. The summed E-state index contributed by atoms with van der Waals surface area (Å²) in [6.45, 7) is 1.76. The van der Waals surface area contributed by atoms with Gasteiger partial charge in [-0.2, -0.15) is 0 Å². The molecule has 0 aromatic heterocycles. The minimum absolute atomic E-state index is 0.743. The molecule has 9 heavy (non-hydrogen) atoms. The molecule has 52 valence electrons. The first-order valence-electron chi connectivity index (χ1n) is 2.39. The fraction of sp³-hybridized carbons (Fsp3) is 0.400. The van der Waals surface area contributed by atoms with E-state index in [-0.39, 0.29) is 0 Å². The monoisotopic (exact) mass is 149 g/mol. The SMILES string of the molecule is CC=CC(Cl)OC(N)=O. The molecule has 0 rings (SSSR count). The molecule has 0 aliphatic rings. The van der Waals surface area contributed by atoms with Crippen LogP contribution in [0.15, 0.2) is 12.2 Å². The van der Waals surface area contributed by atoms with Crippen molar-refractivity contribution in [1.29, 1.82) is 0 Å². The summed E-state index contributed by atoms with van der Waals surface area (Å²) in [5, 5.41) is 0. The number of primary amides is 1. The number of hydrogen-bond donors (Lipinski definition) is 1. The molecule has 0 saturated carbocycles. The molecule has 0 saturated heterocycles. The Morgan fingerprint density at radius 2 is 2.44 bits per heavy atom. The third-order valence-corrected chi connectivity index (χ3v) is 0.807. The fourth-order valence-corrected chi connectivity index (χ4v) is 0.535. The second kappa shape index (κ2) is 4.21. The van der Waals surface area contributed by atoms with E-state index < -0.39 is 11.7 Å². The van der Waals surface area contributed by atoms with Gasteiger partial charge in [0.1, 0.15) is 0 Å². The van der Waals surface area contributed by atoms with Crippen molar-refractivity contribution in [3.8, 4) is 0 Å². The van der Waals surface area contributed by atoms with Crippen LogP contribution >= 0.6 is 11.6 Å². The van der Waals surface area contributed by atoms with Crippen LogP contribution in [0.5, 0.6) is 0 Å². The number of amides is 1. The van der Waals surface area contributed by atoms with Crippen LogP contribution in [0.2, 0.25) is 0 Å². The van der Waals surface area contributed by atoms with Gasteiger partial charge in [0.15, 0.2) is 5.56 Å². The van der Waals surface area contributed by atoms with Gasteiger partial charge in [0.05, 0.1) is 0 Å². The quantitative estimate of drug-likeness (QED) is 0.474. The van der Waals surface area contributed by atoms with Gasteiger partial charge in [-0.1, -0.05) is 17.7 Å². The molecule has 4 heteroatoms. The molecular formula is C5H8ClNO2. The first-order valence-corrected chi connectivity index (χ1v) is 2.83. The fourth-order valence-electron chi connectivity index (χ4n) is 0.302. The molecule has 1 atom stereocenters. The second-order valence-electron chi connectivity index (χ2n) is 1.31. The highest BCUT2D eigenvalue weighted by Gasteiger charge is 2.00. The molecule has 3 nitrogen and oxygen atoms in total. The number of carbonyl (C=O) groups is 1. The zero-order valence-electron chi connectivity index (χ0n) is 5.00. The molecule has 0 radical (unpaired) electrons. The Morgan fingerprint density at radius 1 is 1.89 bits per heavy atom. The normalized spacial score (nSPS) is 13.6. The number of nitrogens with two attached hydrogens (primary N) is 1. The van der Waals surface area contributed by atoms with Crippen LogP contribution in [-0.2, 0) is 4.74 Å². The second-order valence-corrected chi connectivity index (χ2v) is 1.74. The molecule has 2 N–H and O–H groups in total. The predicted octanol–water partition coefficient (Wildman–Crippen LogP) is 1.22. The van der Waals surface area contributed by atoms with Gasteiger partial charge in [0.25, 0.3) is 0 Å². The number of hydrogen-bond acceptors (Lipinski definition) is 2. The van der Waals surface area contributed by atoms with Crippen molar-refractivity contribution in [2.24, 2.45) is 5.73 Å². The first kappa shape index (κ1) is 8.30. The van der Waals surface area contributed by atoms with E-state index in [4.69, 9.17) is 11.6 Å². The van der Waals surface area contributed by atoms with E-state index >= 15 is 0 Å². The molecule has 0 bridgehead atoms. The number of rotatable bonds is 2. The standard InChI is InChI=1S/C5H8ClNO2/c1-2-3-4(6)9-5(7)8/h2-4H,1H3,(H2,7,8). The number of ether oxygens (including phenoxy) is 1. The lowest BCUT2D eigenvalue weighted by Gasteiger charge is -2.01. The Morgan fingerprint density at radius 3 is 2.78 bits per heavy atom. The Balaban J connectivity index is 3.50. The summed E-state index contributed by atoms with van der Waals surface area (Å²) in [5.74, 6) is 0. The molecule has 0 fully saturated rings. The number of alkyl halides is 1. The molecule has 1 unspecified atom stereocenters. The van der Waals surface area contributed by atoms with Gasteiger partial charge >= 0.3 is 6.09 Å². The Labute approximate surface area is 58.4 Å². The van der Waals surface area contributed by atoms with E-state index in [2.05, 4.69) is 10.5 Å². The summed E-state index contributed by atoms with van der Waals surface area (Å²) in [4.78, 5) is 9.97. The van der Waals surface area contributed by atoms with E-state index in [1.54, 1.807) is 13.0 Å². The molecule has 0 aliphatic heterocycles. The van der Waals surface area contributed by atoms with Crippen LogP contribution in [0.4, 0.5) is 4.79 Å². The summed E-state index contributed by atoms with van der Waals surface area (Å²) < 4.78 is 4.31. The molecule has 0 aromatic rings. The van der Waals surface area contributed by atoms with Gasteiger partial charge < -0.3 is 10.5 Å². The maximum absolute atomic E-state index is 9.97. The van der Waals surface area contributed by atoms with E-state index in [1.165, 1.54) is 6.08 Å². The van der Waals surface area contributed by atoms with Crippen molar-refractivity contribution in [2.45, 2.75) is 12.5 Å². The average Bonchev–Trinajstić information content (AvgIpc) is 1.63. The van der Waals surface area contributed by atoms with Crippen molar-refractivity contribution in [1.82, 2.24) is 0 Å². The van der Waals surface area contributed by atoms with Crippen molar-refractivity contribution in [2.75, 3.05) is 0 Å². The highest BCUT2D eigenvalue weighted by Crippen LogP contribution is 1.98. The van der Waals surface area contributed by atoms with Gasteiger partial charge in [0.2, 0.25) is 0 Å². The van der Waals surface area contributed by atoms with Gasteiger partial charge in [-0.25, -0.2) is 4.79 Å². The summed E-state index contributed by atoms with van der Waals surface area (Å²) >= 11 is 5.37. The summed E-state index contributed by atoms with van der Waals surface area (Å²) in [5.41, 5.74) is 3.90. The number of halogens is 1. The number of allylic oxidation sites excluding steroid dienone is 1. The topological polar surface area (TPSA) is 52.3 Å². The van der Waals surface area contributed by atoms with Crippen molar-refractivity contribution >= 4 is 17.7 Å². The molecule has 0 aliphatic carbocycles. The van der Waals surface area contributed by atoms with E-state index in [0.717, 1.165) is 0 Å². The first-order chi connectivity index (χ1) is 4.16. The Hall–Kier alpha value is -0.700. The van der Waals surface area contributed by atoms with Crippen molar-refractivity contribution in [3.05, 3.63) is 12.2 Å². The van der Waals surface area contributed by atoms with Crippen LogP contribution in [-0.4, -0.2) is 11.7 Å². The van der Waals surface area contributed by atoms with Crippen LogP contribution < -0.4 is 5.73 Å². The molecule has 0 aromatic carbocycles. The number of carbonyl (C=O) groups excluding carboxylic acids is 1. The lowest BCUT2D eigenvalue weighted by atomic mass is 10.5. The summed E-state index contributed by atoms with van der Waals surface area (Å²) in [6.07, 6.45) is 2.31. The predicted molar refractivity (Wildman–Crippen MR) is 35.1 cm³/mol. The average molecular weight is 150 g/mol. The van der Waals surface area contributed by atoms with E-state index in [0.29, 0.717) is 0 Å². The van der Waals surface area contributed by atoms with Crippen LogP contribution in [0.1, 0.15) is 6.92 Å². The third kappa shape index (κ3) is 5.17. The molecular weight excluding hydrogens is 142 g/mol. The Bertz CT molecular complexity index is 124.